The molecule has 1 aromatic rings. The molecule has 1 aliphatic rings. The van der Waals surface area contributed by atoms with Gasteiger partial charge in [0.1, 0.15) is 0 Å². The van der Waals surface area contributed by atoms with Gasteiger partial charge >= 0.3 is 6.18 Å². The Morgan fingerprint density at radius 3 is 2.59 bits per heavy atom. The Morgan fingerprint density at radius 1 is 1.29 bits per heavy atom. The Morgan fingerprint density at radius 2 is 2.00 bits per heavy atom. The minimum Gasteiger partial charge on any atom is -0.346 e. The van der Waals surface area contributed by atoms with Crippen LogP contribution in [0.3, 0.4) is 0 Å². The zero-order valence-electron chi connectivity index (χ0n) is 8.91. The molecule has 1 fully saturated rings. The van der Waals surface area contributed by atoms with Gasteiger partial charge in [-0.25, -0.2) is 0 Å². The fourth-order valence-corrected chi connectivity index (χ4v) is 1.70. The molecule has 0 aromatic heterocycles. The molecular weight excluding hydrogens is 235 g/mol. The predicted molar refractivity (Wildman–Crippen MR) is 54.1 cm³/mol. The molecule has 17 heavy (non-hydrogen) atoms. The van der Waals surface area contributed by atoms with E-state index in [9.17, 15) is 13.2 Å². The van der Waals surface area contributed by atoms with Crippen LogP contribution in [0.1, 0.15) is 17.4 Å². The highest BCUT2D eigenvalue weighted by Crippen LogP contribution is 2.37. The summed E-state index contributed by atoms with van der Waals surface area (Å²) in [6, 6.07) is 5.22. The van der Waals surface area contributed by atoms with Gasteiger partial charge in [-0.05, 0) is 6.07 Å². The summed E-state index contributed by atoms with van der Waals surface area (Å²) in [6.45, 7) is 0.443. The van der Waals surface area contributed by atoms with Crippen molar-refractivity contribution in [3.63, 3.8) is 0 Å². The van der Waals surface area contributed by atoms with E-state index in [0.717, 1.165) is 6.07 Å². The second kappa shape index (κ2) is 4.64. The summed E-state index contributed by atoms with van der Waals surface area (Å²) in [5, 5.41) is 0. The smallest absolute Gasteiger partial charge is 0.346 e. The van der Waals surface area contributed by atoms with Crippen LogP contribution in [0.15, 0.2) is 24.3 Å². The van der Waals surface area contributed by atoms with Crippen LogP contribution < -0.4 is 5.73 Å². The molecule has 1 aromatic carbocycles. The van der Waals surface area contributed by atoms with Crippen molar-refractivity contribution in [2.75, 3.05) is 13.2 Å². The molecule has 1 heterocycles. The molecule has 94 valence electrons. The van der Waals surface area contributed by atoms with E-state index in [0.29, 0.717) is 0 Å². The Balaban J connectivity index is 2.27. The van der Waals surface area contributed by atoms with Crippen LogP contribution >= 0.6 is 0 Å². The summed E-state index contributed by atoms with van der Waals surface area (Å²) < 4.78 is 48.7. The largest absolute Gasteiger partial charge is 0.416 e. The molecule has 0 aliphatic carbocycles. The number of rotatable bonds is 2. The van der Waals surface area contributed by atoms with Gasteiger partial charge < -0.3 is 15.2 Å². The number of benzene rings is 1. The van der Waals surface area contributed by atoms with Crippen molar-refractivity contribution in [1.29, 1.82) is 0 Å². The number of alkyl halides is 3. The second-order valence-corrected chi connectivity index (χ2v) is 3.74. The number of halogens is 3. The molecule has 2 rings (SSSR count). The molecular formula is C11H12F3NO2. The zero-order chi connectivity index (χ0) is 12.5. The van der Waals surface area contributed by atoms with Gasteiger partial charge in [0.05, 0.1) is 18.3 Å². The van der Waals surface area contributed by atoms with Crippen LogP contribution in [0.5, 0.6) is 0 Å². The monoisotopic (exact) mass is 247 g/mol. The van der Waals surface area contributed by atoms with Crippen molar-refractivity contribution in [3.05, 3.63) is 35.4 Å². The maximum absolute atomic E-state index is 12.7. The van der Waals surface area contributed by atoms with Gasteiger partial charge in [0.15, 0.2) is 6.29 Å². The Bertz CT molecular complexity index is 395. The first-order chi connectivity index (χ1) is 8.02. The minimum absolute atomic E-state index is 0.00375. The summed E-state index contributed by atoms with van der Waals surface area (Å²) in [6.07, 6.45) is -5.74. The van der Waals surface area contributed by atoms with Crippen molar-refractivity contribution in [2.24, 2.45) is 5.73 Å². The lowest BCUT2D eigenvalue weighted by atomic mass is 10.1. The lowest BCUT2D eigenvalue weighted by Gasteiger charge is -2.17. The zero-order valence-corrected chi connectivity index (χ0v) is 8.91. The third-order valence-corrected chi connectivity index (χ3v) is 2.53. The topological polar surface area (TPSA) is 44.5 Å². The molecule has 1 aliphatic heterocycles. The van der Waals surface area contributed by atoms with E-state index in [-0.39, 0.29) is 24.8 Å². The standard InChI is InChI=1S/C11H12F3NO2/c12-11(13,14)9-4-2-1-3-8(9)10-16-6-7(5-15)17-10/h1-4,7,10H,5-6,15H2. The Hall–Kier alpha value is -1.11. The lowest BCUT2D eigenvalue weighted by molar-refractivity contribution is -0.142. The van der Waals surface area contributed by atoms with Gasteiger partial charge in [-0.1, -0.05) is 18.2 Å². The first-order valence-electron chi connectivity index (χ1n) is 5.15. The summed E-state index contributed by atoms with van der Waals surface area (Å²) in [5.41, 5.74) is 4.63. The Kier molecular flexibility index (Phi) is 3.37. The third-order valence-electron chi connectivity index (χ3n) is 2.53. The van der Waals surface area contributed by atoms with Gasteiger partial charge in [-0.2, -0.15) is 13.2 Å². The van der Waals surface area contributed by atoms with Crippen LogP contribution in [-0.4, -0.2) is 19.3 Å². The van der Waals surface area contributed by atoms with Crippen LogP contribution in [0.25, 0.3) is 0 Å². The highest BCUT2D eigenvalue weighted by atomic mass is 19.4. The molecule has 0 bridgehead atoms. The average Bonchev–Trinajstić information content (AvgIpc) is 2.76. The van der Waals surface area contributed by atoms with Gasteiger partial charge in [-0.15, -0.1) is 0 Å². The van der Waals surface area contributed by atoms with E-state index in [1.165, 1.54) is 18.2 Å². The fourth-order valence-electron chi connectivity index (χ4n) is 1.70. The first kappa shape index (κ1) is 12.3. The maximum Gasteiger partial charge on any atom is 0.416 e. The highest BCUT2D eigenvalue weighted by Gasteiger charge is 2.37. The van der Waals surface area contributed by atoms with E-state index < -0.39 is 18.0 Å². The molecule has 2 unspecified atom stereocenters. The number of ether oxygens (including phenoxy) is 2. The van der Waals surface area contributed by atoms with Gasteiger partial charge in [0.25, 0.3) is 0 Å². The summed E-state index contributed by atoms with van der Waals surface area (Å²) in [4.78, 5) is 0. The van der Waals surface area contributed by atoms with Gasteiger partial charge in [-0.3, -0.25) is 0 Å². The highest BCUT2D eigenvalue weighted by molar-refractivity contribution is 5.31. The quantitative estimate of drug-likeness (QED) is 0.870. The fraction of sp³-hybridized carbons (Fsp3) is 0.455. The maximum atomic E-state index is 12.7. The summed E-state index contributed by atoms with van der Waals surface area (Å²) >= 11 is 0. The molecule has 0 saturated carbocycles. The minimum atomic E-state index is -4.41. The van der Waals surface area contributed by atoms with E-state index >= 15 is 0 Å². The predicted octanol–water partition coefficient (Wildman–Crippen LogP) is 2.08. The summed E-state index contributed by atoms with van der Waals surface area (Å²) in [5.74, 6) is 0. The molecule has 3 nitrogen and oxygen atoms in total. The van der Waals surface area contributed by atoms with Crippen molar-refractivity contribution >= 4 is 0 Å². The normalized spacial score (nSPS) is 25.2. The molecule has 6 heteroatoms. The number of hydrogen-bond acceptors (Lipinski definition) is 3. The number of nitrogens with two attached hydrogens (primary N) is 1. The molecule has 0 radical (unpaired) electrons. The van der Waals surface area contributed by atoms with Crippen LogP contribution in [-0.2, 0) is 15.7 Å². The van der Waals surface area contributed by atoms with Crippen molar-refractivity contribution in [2.45, 2.75) is 18.6 Å². The van der Waals surface area contributed by atoms with Crippen molar-refractivity contribution in [3.8, 4) is 0 Å². The SMILES string of the molecule is NCC1COC(c2ccccc2C(F)(F)F)O1. The van der Waals surface area contributed by atoms with Gasteiger partial charge in [0.2, 0.25) is 0 Å². The lowest BCUT2D eigenvalue weighted by Crippen LogP contribution is -2.22. The number of hydrogen-bond donors (Lipinski definition) is 1. The van der Waals surface area contributed by atoms with Crippen molar-refractivity contribution < 1.29 is 22.6 Å². The molecule has 0 amide bonds. The average molecular weight is 247 g/mol. The third kappa shape index (κ3) is 2.59. The molecule has 1 saturated heterocycles. The van der Waals surface area contributed by atoms with E-state index in [4.69, 9.17) is 15.2 Å². The van der Waals surface area contributed by atoms with E-state index in [1.807, 2.05) is 0 Å². The van der Waals surface area contributed by atoms with Crippen LogP contribution in [0, 0.1) is 0 Å². The van der Waals surface area contributed by atoms with Crippen LogP contribution in [0.2, 0.25) is 0 Å². The van der Waals surface area contributed by atoms with E-state index in [1.54, 1.807) is 0 Å². The van der Waals surface area contributed by atoms with Crippen LogP contribution in [0.4, 0.5) is 13.2 Å². The molecule has 2 N–H and O–H groups in total. The summed E-state index contributed by atoms with van der Waals surface area (Å²) in [7, 11) is 0. The van der Waals surface area contributed by atoms with E-state index in [2.05, 4.69) is 0 Å². The molecule has 2 atom stereocenters. The first-order valence-corrected chi connectivity index (χ1v) is 5.15. The second-order valence-electron chi connectivity index (χ2n) is 3.74. The van der Waals surface area contributed by atoms with Crippen molar-refractivity contribution in [1.82, 2.24) is 0 Å². The molecule has 0 spiro atoms. The van der Waals surface area contributed by atoms with Gasteiger partial charge in [0, 0.05) is 12.1 Å². The Labute approximate surface area is 96.3 Å².